The van der Waals surface area contributed by atoms with Crippen LogP contribution in [0, 0.1) is 5.82 Å². The summed E-state index contributed by atoms with van der Waals surface area (Å²) in [5.41, 5.74) is 2.07. The van der Waals surface area contributed by atoms with E-state index >= 15 is 0 Å². The summed E-state index contributed by atoms with van der Waals surface area (Å²) in [7, 11) is -3.88. The minimum atomic E-state index is -3.88. The second-order valence-corrected chi connectivity index (χ2v) is 9.09. The van der Waals surface area contributed by atoms with Gasteiger partial charge in [0, 0.05) is 49.3 Å². The maximum Gasteiger partial charge on any atom is 0.246 e. The number of pyridine rings is 1. The predicted molar refractivity (Wildman–Crippen MR) is 107 cm³/mol. The molecule has 2 aromatic carbocycles. The highest BCUT2D eigenvalue weighted by atomic mass is 35.5. The summed E-state index contributed by atoms with van der Waals surface area (Å²) >= 11 is 5.73. The van der Waals surface area contributed by atoms with Gasteiger partial charge in [-0.25, -0.2) is 12.8 Å². The van der Waals surface area contributed by atoms with Crippen molar-refractivity contribution in [2.45, 2.75) is 11.4 Å². The zero-order valence-corrected chi connectivity index (χ0v) is 16.6. The summed E-state index contributed by atoms with van der Waals surface area (Å²) in [5, 5.41) is 1.25. The first-order valence-corrected chi connectivity index (χ1v) is 10.8. The lowest BCUT2D eigenvalue weighted by atomic mass is 10.1. The summed E-state index contributed by atoms with van der Waals surface area (Å²) in [5.74, 6) is -0.822. The molecule has 0 aliphatic carbocycles. The number of hydrogen-bond acceptors (Lipinski definition) is 4. The number of piperazine rings is 1. The molecule has 0 atom stereocenters. The number of rotatable bonds is 4. The lowest BCUT2D eigenvalue weighted by Gasteiger charge is -2.34. The Bertz CT molecular complexity index is 1110. The number of nitrogens with zero attached hydrogens (tertiary/aromatic N) is 3. The van der Waals surface area contributed by atoms with Crippen molar-refractivity contribution in [3.63, 3.8) is 0 Å². The highest BCUT2D eigenvalue weighted by Gasteiger charge is 2.30. The molecule has 2 heterocycles. The van der Waals surface area contributed by atoms with Crippen LogP contribution >= 0.6 is 11.6 Å². The molecule has 0 spiro atoms. The van der Waals surface area contributed by atoms with E-state index in [2.05, 4.69) is 9.88 Å². The van der Waals surface area contributed by atoms with Crippen LogP contribution < -0.4 is 0 Å². The van der Waals surface area contributed by atoms with Crippen molar-refractivity contribution in [3.05, 3.63) is 71.1 Å². The largest absolute Gasteiger partial charge is 0.296 e. The average Bonchev–Trinajstić information content (AvgIpc) is 2.68. The summed E-state index contributed by atoms with van der Waals surface area (Å²) in [4.78, 5) is 6.33. The van der Waals surface area contributed by atoms with Gasteiger partial charge in [0.2, 0.25) is 10.0 Å². The minimum Gasteiger partial charge on any atom is -0.296 e. The Labute approximate surface area is 168 Å². The molecule has 0 amide bonds. The van der Waals surface area contributed by atoms with Gasteiger partial charge in [-0.05, 0) is 29.8 Å². The fraction of sp³-hybridized carbons (Fsp3) is 0.250. The van der Waals surface area contributed by atoms with Crippen LogP contribution in [0.5, 0.6) is 0 Å². The van der Waals surface area contributed by atoms with Crippen LogP contribution in [-0.4, -0.2) is 48.8 Å². The average molecular weight is 420 g/mol. The van der Waals surface area contributed by atoms with Gasteiger partial charge in [-0.2, -0.15) is 4.31 Å². The Morgan fingerprint density at radius 2 is 1.79 bits per heavy atom. The molecule has 4 rings (SSSR count). The van der Waals surface area contributed by atoms with E-state index < -0.39 is 15.8 Å². The van der Waals surface area contributed by atoms with Gasteiger partial charge in [0.1, 0.15) is 10.7 Å². The number of benzene rings is 2. The molecule has 0 bridgehead atoms. The number of fused-ring (bicyclic) bond motifs is 1. The van der Waals surface area contributed by atoms with Gasteiger partial charge < -0.3 is 0 Å². The van der Waals surface area contributed by atoms with Crippen molar-refractivity contribution >= 4 is 32.5 Å². The Kier molecular flexibility index (Phi) is 5.33. The third-order valence-electron chi connectivity index (χ3n) is 4.95. The predicted octanol–water partition coefficient (Wildman–Crippen LogP) is 3.53. The van der Waals surface area contributed by atoms with Gasteiger partial charge in [0.15, 0.2) is 0 Å². The fourth-order valence-corrected chi connectivity index (χ4v) is 5.11. The maximum atomic E-state index is 14.1. The third-order valence-corrected chi connectivity index (χ3v) is 7.12. The summed E-state index contributed by atoms with van der Waals surface area (Å²) in [6, 6.07) is 13.6. The Morgan fingerprint density at radius 3 is 2.54 bits per heavy atom. The van der Waals surface area contributed by atoms with Crippen LogP contribution in [0.15, 0.2) is 59.6 Å². The number of para-hydroxylation sites is 1. The molecule has 146 valence electrons. The molecule has 0 saturated carbocycles. The van der Waals surface area contributed by atoms with Gasteiger partial charge in [0.25, 0.3) is 0 Å². The summed E-state index contributed by atoms with van der Waals surface area (Å²) < 4.78 is 41.0. The van der Waals surface area contributed by atoms with Crippen LogP contribution in [0.3, 0.4) is 0 Å². The van der Waals surface area contributed by atoms with Gasteiger partial charge in [-0.3, -0.25) is 9.88 Å². The monoisotopic (exact) mass is 419 g/mol. The van der Waals surface area contributed by atoms with Crippen molar-refractivity contribution in [3.8, 4) is 0 Å². The zero-order chi connectivity index (χ0) is 19.7. The first kappa shape index (κ1) is 19.3. The first-order valence-electron chi connectivity index (χ1n) is 8.95. The number of sulfonamides is 1. The van der Waals surface area contributed by atoms with E-state index in [9.17, 15) is 12.8 Å². The molecule has 1 fully saturated rings. The molecular weight excluding hydrogens is 401 g/mol. The van der Waals surface area contributed by atoms with E-state index in [0.29, 0.717) is 32.7 Å². The zero-order valence-electron chi connectivity index (χ0n) is 15.1. The van der Waals surface area contributed by atoms with Crippen molar-refractivity contribution in [2.75, 3.05) is 26.2 Å². The smallest absolute Gasteiger partial charge is 0.246 e. The standard InChI is InChI=1S/C20H19ClFN3O2S/c21-17-6-7-19(18(22)13-17)28(26,27)25-11-9-24(10-12-25)14-16-4-1-3-15-5-2-8-23-20(15)16/h1-8,13H,9-12,14H2. The molecule has 1 saturated heterocycles. The highest BCUT2D eigenvalue weighted by Crippen LogP contribution is 2.24. The lowest BCUT2D eigenvalue weighted by Crippen LogP contribution is -2.48. The van der Waals surface area contributed by atoms with Gasteiger partial charge >= 0.3 is 0 Å². The summed E-state index contributed by atoms with van der Waals surface area (Å²) in [6.45, 7) is 2.44. The fourth-order valence-electron chi connectivity index (χ4n) is 3.49. The van der Waals surface area contributed by atoms with Crippen LogP contribution in [0.4, 0.5) is 4.39 Å². The molecule has 1 aliphatic rings. The normalized spacial score (nSPS) is 16.5. The van der Waals surface area contributed by atoms with Crippen molar-refractivity contribution in [1.29, 1.82) is 0 Å². The van der Waals surface area contributed by atoms with E-state index in [1.165, 1.54) is 16.4 Å². The SMILES string of the molecule is O=S(=O)(c1ccc(Cl)cc1F)N1CCN(Cc2cccc3cccnc23)CC1. The van der Waals surface area contributed by atoms with Gasteiger partial charge in [0.05, 0.1) is 5.52 Å². The molecule has 0 radical (unpaired) electrons. The minimum absolute atomic E-state index is 0.171. The molecule has 3 aromatic rings. The second-order valence-electron chi connectivity index (χ2n) is 6.75. The third kappa shape index (κ3) is 3.75. The quantitative estimate of drug-likeness (QED) is 0.649. The van der Waals surface area contributed by atoms with Crippen LogP contribution in [0.2, 0.25) is 5.02 Å². The topological polar surface area (TPSA) is 53.5 Å². The molecule has 1 aromatic heterocycles. The van der Waals surface area contributed by atoms with Crippen LogP contribution in [0.1, 0.15) is 5.56 Å². The first-order chi connectivity index (χ1) is 13.4. The van der Waals surface area contributed by atoms with Crippen molar-refractivity contribution in [2.24, 2.45) is 0 Å². The molecule has 8 heteroatoms. The lowest BCUT2D eigenvalue weighted by molar-refractivity contribution is 0.182. The van der Waals surface area contributed by atoms with E-state index in [-0.39, 0.29) is 9.92 Å². The van der Waals surface area contributed by atoms with E-state index in [0.717, 1.165) is 22.5 Å². The Balaban J connectivity index is 1.47. The van der Waals surface area contributed by atoms with E-state index in [1.54, 1.807) is 6.20 Å². The maximum absolute atomic E-state index is 14.1. The Morgan fingerprint density at radius 1 is 1.04 bits per heavy atom. The van der Waals surface area contributed by atoms with Crippen LogP contribution in [0.25, 0.3) is 10.9 Å². The highest BCUT2D eigenvalue weighted by molar-refractivity contribution is 7.89. The molecule has 5 nitrogen and oxygen atoms in total. The van der Waals surface area contributed by atoms with Crippen molar-refractivity contribution in [1.82, 2.24) is 14.2 Å². The molecule has 0 unspecified atom stereocenters. The second kappa shape index (κ2) is 7.75. The van der Waals surface area contributed by atoms with Crippen LogP contribution in [-0.2, 0) is 16.6 Å². The number of hydrogen-bond donors (Lipinski definition) is 0. The van der Waals surface area contributed by atoms with Gasteiger partial charge in [-0.1, -0.05) is 35.9 Å². The number of aromatic nitrogens is 1. The molecule has 1 aliphatic heterocycles. The number of halogens is 2. The van der Waals surface area contributed by atoms with Crippen molar-refractivity contribution < 1.29 is 12.8 Å². The Hall–Kier alpha value is -2.06. The summed E-state index contributed by atoms with van der Waals surface area (Å²) in [6.07, 6.45) is 1.77. The molecular formula is C20H19ClFN3O2S. The molecule has 28 heavy (non-hydrogen) atoms. The van der Waals surface area contributed by atoms with E-state index in [1.807, 2.05) is 30.3 Å². The van der Waals surface area contributed by atoms with Gasteiger partial charge in [-0.15, -0.1) is 0 Å². The van der Waals surface area contributed by atoms with E-state index in [4.69, 9.17) is 11.6 Å². The molecule has 0 N–H and O–H groups in total.